The lowest BCUT2D eigenvalue weighted by molar-refractivity contribution is 0.588. The smallest absolute Gasteiger partial charge is 0.123 e. The van der Waals surface area contributed by atoms with Crippen molar-refractivity contribution < 1.29 is 1.43 Å². The molecule has 0 aliphatic rings. The van der Waals surface area contributed by atoms with Crippen LogP contribution in [-0.2, 0) is 5.41 Å². The van der Waals surface area contributed by atoms with Crippen molar-refractivity contribution in [1.82, 2.24) is 4.98 Å². The third-order valence-electron chi connectivity index (χ3n) is 1.65. The third-order valence-corrected chi connectivity index (χ3v) is 1.65. The molecule has 0 aliphatic carbocycles. The fourth-order valence-electron chi connectivity index (χ4n) is 0.849. The molecule has 2 N–H and O–H groups in total. The van der Waals surface area contributed by atoms with Crippen LogP contribution in [0.1, 0.15) is 27.8 Å². The minimum atomic E-state index is 0. The van der Waals surface area contributed by atoms with Gasteiger partial charge in [-0.15, -0.1) is 0 Å². The molecular formula is C9H16N2. The number of pyridine rings is 1. The molecule has 2 heteroatoms. The fourth-order valence-corrected chi connectivity index (χ4v) is 0.849. The van der Waals surface area contributed by atoms with Crippen molar-refractivity contribution in [1.29, 1.82) is 0 Å². The summed E-state index contributed by atoms with van der Waals surface area (Å²) < 4.78 is 0. The summed E-state index contributed by atoms with van der Waals surface area (Å²) in [6, 6.07) is 3.85. The van der Waals surface area contributed by atoms with E-state index in [-0.39, 0.29) is 6.84 Å². The number of rotatable bonds is 0. The molecule has 0 saturated heterocycles. The van der Waals surface area contributed by atoms with Crippen LogP contribution in [0.5, 0.6) is 0 Å². The molecule has 0 bridgehead atoms. The summed E-state index contributed by atoms with van der Waals surface area (Å²) in [4.78, 5) is 4.02. The largest absolute Gasteiger partial charge is 0.384 e. The van der Waals surface area contributed by atoms with Gasteiger partial charge in [0.25, 0.3) is 0 Å². The highest BCUT2D eigenvalue weighted by Crippen LogP contribution is 2.20. The van der Waals surface area contributed by atoms with Crippen LogP contribution in [0.25, 0.3) is 0 Å². The van der Waals surface area contributed by atoms with E-state index in [1.165, 1.54) is 5.56 Å². The molecule has 0 aromatic carbocycles. The van der Waals surface area contributed by atoms with E-state index in [9.17, 15) is 0 Å². The number of hydrogen-bond acceptors (Lipinski definition) is 2. The number of aromatic nitrogens is 1. The molecule has 2 nitrogen and oxygen atoms in total. The Morgan fingerprint density at radius 1 is 1.36 bits per heavy atom. The van der Waals surface area contributed by atoms with Crippen LogP contribution in [0.2, 0.25) is 0 Å². The van der Waals surface area contributed by atoms with Gasteiger partial charge in [0.2, 0.25) is 0 Å². The first-order valence-electron chi connectivity index (χ1n) is 3.72. The average molecular weight is 152 g/mol. The molecule has 0 aliphatic heterocycles. The van der Waals surface area contributed by atoms with E-state index in [2.05, 4.69) is 25.8 Å². The Hall–Kier alpha value is -1.05. The minimum absolute atomic E-state index is 0. The molecule has 0 radical (unpaired) electrons. The van der Waals surface area contributed by atoms with Gasteiger partial charge in [0.15, 0.2) is 0 Å². The van der Waals surface area contributed by atoms with Gasteiger partial charge in [-0.05, 0) is 17.0 Å². The maximum atomic E-state index is 5.46. The van der Waals surface area contributed by atoms with E-state index in [1.807, 2.05) is 18.3 Å². The number of nitrogens with two attached hydrogens (primary N) is 1. The summed E-state index contributed by atoms with van der Waals surface area (Å²) in [6.07, 6.45) is 1.83. The SMILES string of the molecule is CC(C)(C)c1ccc(N)nc1.[HH]. The van der Waals surface area contributed by atoms with Gasteiger partial charge in [-0.2, -0.15) is 0 Å². The Morgan fingerprint density at radius 2 is 2.00 bits per heavy atom. The topological polar surface area (TPSA) is 38.9 Å². The van der Waals surface area contributed by atoms with Gasteiger partial charge in [0.05, 0.1) is 0 Å². The van der Waals surface area contributed by atoms with E-state index >= 15 is 0 Å². The van der Waals surface area contributed by atoms with Gasteiger partial charge in [0.1, 0.15) is 5.82 Å². The minimum Gasteiger partial charge on any atom is -0.384 e. The first-order valence-corrected chi connectivity index (χ1v) is 3.72. The van der Waals surface area contributed by atoms with Crippen LogP contribution in [0.15, 0.2) is 18.3 Å². The Balaban J connectivity index is 0.00000121. The predicted octanol–water partition coefficient (Wildman–Crippen LogP) is 2.21. The number of nitrogens with zero attached hydrogens (tertiary/aromatic N) is 1. The summed E-state index contributed by atoms with van der Waals surface area (Å²) >= 11 is 0. The van der Waals surface area contributed by atoms with Crippen molar-refractivity contribution in [3.63, 3.8) is 0 Å². The van der Waals surface area contributed by atoms with Crippen LogP contribution in [-0.4, -0.2) is 4.98 Å². The second-order valence-electron chi connectivity index (χ2n) is 3.72. The second kappa shape index (κ2) is 2.53. The molecule has 0 unspecified atom stereocenters. The molecule has 1 aromatic rings. The van der Waals surface area contributed by atoms with Gasteiger partial charge >= 0.3 is 0 Å². The highest BCUT2D eigenvalue weighted by molar-refractivity contribution is 5.31. The average Bonchev–Trinajstić information content (AvgIpc) is 1.86. The molecule has 1 heterocycles. The monoisotopic (exact) mass is 152 g/mol. The molecule has 0 saturated carbocycles. The Kier molecular flexibility index (Phi) is 1.85. The molecular weight excluding hydrogens is 136 g/mol. The molecule has 62 valence electrons. The molecule has 0 fully saturated rings. The van der Waals surface area contributed by atoms with Gasteiger partial charge in [-0.3, -0.25) is 0 Å². The fraction of sp³-hybridized carbons (Fsp3) is 0.444. The quantitative estimate of drug-likeness (QED) is 0.619. The summed E-state index contributed by atoms with van der Waals surface area (Å²) in [6.45, 7) is 6.46. The molecule has 11 heavy (non-hydrogen) atoms. The maximum absolute atomic E-state index is 5.46. The summed E-state index contributed by atoms with van der Waals surface area (Å²) in [7, 11) is 0. The lowest BCUT2D eigenvalue weighted by Gasteiger charge is -2.17. The van der Waals surface area contributed by atoms with Crippen molar-refractivity contribution in [3.05, 3.63) is 23.9 Å². The van der Waals surface area contributed by atoms with Gasteiger partial charge < -0.3 is 5.73 Å². The first-order chi connectivity index (χ1) is 5.00. The van der Waals surface area contributed by atoms with Crippen LogP contribution in [0.4, 0.5) is 5.82 Å². The second-order valence-corrected chi connectivity index (χ2v) is 3.72. The lowest BCUT2D eigenvalue weighted by Crippen LogP contribution is -2.11. The van der Waals surface area contributed by atoms with E-state index < -0.39 is 0 Å². The molecule has 1 rings (SSSR count). The first kappa shape index (κ1) is 8.05. The Bertz CT molecular complexity index is 236. The number of anilines is 1. The number of nitrogen functional groups attached to an aromatic ring is 1. The van der Waals surface area contributed by atoms with Crippen molar-refractivity contribution in [3.8, 4) is 0 Å². The van der Waals surface area contributed by atoms with Crippen LogP contribution in [0.3, 0.4) is 0 Å². The van der Waals surface area contributed by atoms with E-state index in [0.29, 0.717) is 5.82 Å². The Labute approximate surface area is 68.9 Å². The van der Waals surface area contributed by atoms with Crippen molar-refractivity contribution in [2.75, 3.05) is 5.73 Å². The molecule has 1 aromatic heterocycles. The van der Waals surface area contributed by atoms with E-state index in [0.717, 1.165) is 0 Å². The lowest BCUT2D eigenvalue weighted by atomic mass is 9.88. The predicted molar refractivity (Wildman–Crippen MR) is 49.5 cm³/mol. The summed E-state index contributed by atoms with van der Waals surface area (Å²) in [5.74, 6) is 0.581. The van der Waals surface area contributed by atoms with Gasteiger partial charge in [-0.1, -0.05) is 26.8 Å². The Morgan fingerprint density at radius 3 is 2.36 bits per heavy atom. The normalized spacial score (nSPS) is 11.5. The van der Waals surface area contributed by atoms with Gasteiger partial charge in [-0.25, -0.2) is 4.98 Å². The highest BCUT2D eigenvalue weighted by atomic mass is 14.8. The maximum Gasteiger partial charge on any atom is 0.123 e. The zero-order valence-corrected chi connectivity index (χ0v) is 7.26. The van der Waals surface area contributed by atoms with E-state index in [1.54, 1.807) is 0 Å². The summed E-state index contributed by atoms with van der Waals surface area (Å²) in [5.41, 5.74) is 6.84. The van der Waals surface area contributed by atoms with Crippen molar-refractivity contribution >= 4 is 5.82 Å². The zero-order valence-electron chi connectivity index (χ0n) is 7.26. The third kappa shape index (κ3) is 1.93. The molecule has 0 spiro atoms. The van der Waals surface area contributed by atoms with Gasteiger partial charge in [0, 0.05) is 7.62 Å². The van der Waals surface area contributed by atoms with Crippen molar-refractivity contribution in [2.24, 2.45) is 0 Å². The highest BCUT2D eigenvalue weighted by Gasteiger charge is 2.12. The summed E-state index contributed by atoms with van der Waals surface area (Å²) in [5, 5.41) is 0. The molecule has 0 atom stereocenters. The van der Waals surface area contributed by atoms with Crippen LogP contribution < -0.4 is 5.73 Å². The standard InChI is InChI=1S/C9H14N2.H2/c1-9(2,3)7-4-5-8(10)11-6-7;/h4-6H,1-3H3,(H2,10,11);1H. The van der Waals surface area contributed by atoms with Crippen molar-refractivity contribution in [2.45, 2.75) is 26.2 Å². The molecule has 0 amide bonds. The van der Waals surface area contributed by atoms with E-state index in [4.69, 9.17) is 5.73 Å². The zero-order chi connectivity index (χ0) is 8.48. The number of hydrogen-bond donors (Lipinski definition) is 1. The van der Waals surface area contributed by atoms with Crippen LogP contribution >= 0.6 is 0 Å². The van der Waals surface area contributed by atoms with Crippen LogP contribution in [0, 0.1) is 0 Å².